The normalized spacial score (nSPS) is 10.8. The van der Waals surface area contributed by atoms with Crippen molar-refractivity contribution >= 4 is 17.9 Å². The Bertz CT molecular complexity index is 799. The van der Waals surface area contributed by atoms with E-state index in [4.69, 9.17) is 20.4 Å². The first-order valence-electron chi connectivity index (χ1n) is 28.6. The minimum absolute atomic E-state index is 0. The second-order valence-electron chi connectivity index (χ2n) is 20.8. The van der Waals surface area contributed by atoms with Crippen molar-refractivity contribution in [2.75, 3.05) is 6.61 Å². The Labute approximate surface area is 427 Å². The number of aliphatic hydroxyl groups is 1. The molecule has 0 aromatic carbocycles. The smallest absolute Gasteiger partial charge is 0.303 e. The minimum Gasteiger partial charge on any atom is -0.481 e. The van der Waals surface area contributed by atoms with Gasteiger partial charge in [-0.15, -0.1) is 0 Å². The largest absolute Gasteiger partial charge is 0.481 e. The summed E-state index contributed by atoms with van der Waals surface area (Å²) in [5.74, 6) is 0.636. The number of carbonyl (C=O) groups is 3. The Kier molecular flexibility index (Phi) is 74.2. The summed E-state index contributed by atoms with van der Waals surface area (Å²) in [5, 5.41) is 33.6. The molecule has 0 spiro atoms. The molecule has 0 aromatic heterocycles. The van der Waals surface area contributed by atoms with Crippen LogP contribution >= 0.6 is 0 Å². The van der Waals surface area contributed by atoms with Crippen LogP contribution in [-0.4, -0.2) is 44.9 Å². The average molecular weight is 975 g/mol. The quantitative estimate of drug-likeness (QED) is 0.0353. The van der Waals surface area contributed by atoms with Crippen molar-refractivity contribution < 1.29 is 56.5 Å². The molecule has 0 atom stereocenters. The maximum absolute atomic E-state index is 10.3. The molecular formula is C58H118O7Ti. The van der Waals surface area contributed by atoms with Crippen LogP contribution in [0.15, 0.2) is 0 Å². The van der Waals surface area contributed by atoms with E-state index in [0.29, 0.717) is 25.9 Å². The van der Waals surface area contributed by atoms with E-state index in [-0.39, 0.29) is 21.7 Å². The molecule has 0 amide bonds. The molecule has 0 aliphatic heterocycles. The zero-order chi connectivity index (χ0) is 49.3. The number of hydrogen-bond acceptors (Lipinski definition) is 4. The summed E-state index contributed by atoms with van der Waals surface area (Å²) in [6, 6.07) is 0. The molecule has 0 heterocycles. The molecule has 0 aliphatic carbocycles. The van der Waals surface area contributed by atoms with Gasteiger partial charge in [0.2, 0.25) is 0 Å². The maximum Gasteiger partial charge on any atom is 0.303 e. The third kappa shape index (κ3) is 89.6. The van der Waals surface area contributed by atoms with Crippen molar-refractivity contribution in [2.45, 2.75) is 331 Å². The van der Waals surface area contributed by atoms with Crippen molar-refractivity contribution in [2.24, 2.45) is 17.8 Å². The molecule has 0 unspecified atom stereocenters. The molecule has 0 rings (SSSR count). The van der Waals surface area contributed by atoms with E-state index >= 15 is 0 Å². The standard InChI is InChI=1S/3C18H36O2.C4H10O.Ti/c3*1-17(2)15-13-11-9-7-5-3-4-6-8-10-12-14-16-18(19)20;1-2-3-4-5;/h3*17H,3-16H2,1-2H3,(H,19,20);5H,2-4H2,1H3;. The van der Waals surface area contributed by atoms with Gasteiger partial charge in [-0.05, 0) is 43.4 Å². The molecular weight excluding hydrogens is 856 g/mol. The summed E-state index contributed by atoms with van der Waals surface area (Å²) in [6.07, 6.45) is 54.0. The number of rotatable bonds is 47. The fraction of sp³-hybridized carbons (Fsp3) is 0.948. The third-order valence-electron chi connectivity index (χ3n) is 12.3. The second-order valence-corrected chi connectivity index (χ2v) is 20.8. The third-order valence-corrected chi connectivity index (χ3v) is 12.3. The van der Waals surface area contributed by atoms with Crippen LogP contribution in [0.2, 0.25) is 0 Å². The average Bonchev–Trinajstić information content (AvgIpc) is 3.24. The van der Waals surface area contributed by atoms with E-state index < -0.39 is 17.9 Å². The van der Waals surface area contributed by atoms with E-state index in [1.54, 1.807) is 0 Å². The van der Waals surface area contributed by atoms with Crippen LogP contribution in [-0.2, 0) is 36.1 Å². The van der Waals surface area contributed by atoms with Crippen LogP contribution in [0.5, 0.6) is 0 Å². The molecule has 396 valence electrons. The van der Waals surface area contributed by atoms with Gasteiger partial charge in [0, 0.05) is 47.6 Å². The van der Waals surface area contributed by atoms with Crippen LogP contribution in [0.4, 0.5) is 0 Å². The summed E-state index contributed by atoms with van der Waals surface area (Å²) < 4.78 is 0. The van der Waals surface area contributed by atoms with Crippen LogP contribution in [0.1, 0.15) is 331 Å². The van der Waals surface area contributed by atoms with Gasteiger partial charge in [0.1, 0.15) is 0 Å². The Morgan fingerprint density at radius 2 is 0.439 bits per heavy atom. The van der Waals surface area contributed by atoms with Crippen LogP contribution in [0.3, 0.4) is 0 Å². The summed E-state index contributed by atoms with van der Waals surface area (Å²) in [7, 11) is 0. The number of carboxylic acid groups (broad SMARTS) is 3. The molecule has 0 radical (unpaired) electrons. The van der Waals surface area contributed by atoms with Gasteiger partial charge in [-0.2, -0.15) is 0 Å². The molecule has 7 nitrogen and oxygen atoms in total. The van der Waals surface area contributed by atoms with Gasteiger partial charge in [0.25, 0.3) is 0 Å². The summed E-state index contributed by atoms with van der Waals surface area (Å²) in [4.78, 5) is 31.0. The first-order valence-corrected chi connectivity index (χ1v) is 28.6. The number of unbranched alkanes of at least 4 members (excludes halogenated alkanes) is 34. The number of aliphatic carboxylic acids is 3. The van der Waals surface area contributed by atoms with Crippen LogP contribution in [0.25, 0.3) is 0 Å². The van der Waals surface area contributed by atoms with E-state index in [0.717, 1.165) is 69.1 Å². The fourth-order valence-corrected chi connectivity index (χ4v) is 7.95. The minimum atomic E-state index is -0.654. The first kappa shape index (κ1) is 74.0. The Balaban J connectivity index is -0.000000265. The Morgan fingerprint density at radius 3 is 0.545 bits per heavy atom. The first-order chi connectivity index (χ1) is 31.3. The molecule has 8 heteroatoms. The van der Waals surface area contributed by atoms with E-state index in [1.165, 1.54) is 212 Å². The van der Waals surface area contributed by atoms with Crippen molar-refractivity contribution in [1.82, 2.24) is 0 Å². The van der Waals surface area contributed by atoms with Crippen molar-refractivity contribution in [3.05, 3.63) is 0 Å². The van der Waals surface area contributed by atoms with Crippen molar-refractivity contribution in [3.63, 3.8) is 0 Å². The van der Waals surface area contributed by atoms with Gasteiger partial charge in [-0.1, -0.05) is 286 Å². The monoisotopic (exact) mass is 975 g/mol. The SMILES string of the molecule is CC(C)CCCCCCCCCCCCCCC(=O)O.CC(C)CCCCCCCCCCCCCCC(=O)O.CC(C)CCCCCCCCCCCCCCC(=O)O.CCCCO.[Ti]. The molecule has 66 heavy (non-hydrogen) atoms. The van der Waals surface area contributed by atoms with Gasteiger partial charge in [-0.25, -0.2) is 0 Å². The zero-order valence-electron chi connectivity index (χ0n) is 45.6. The van der Waals surface area contributed by atoms with E-state index in [1.807, 2.05) is 0 Å². The molecule has 0 saturated heterocycles. The molecule has 0 aromatic rings. The number of aliphatic hydroxyl groups excluding tert-OH is 1. The summed E-state index contributed by atoms with van der Waals surface area (Å²) in [5.41, 5.74) is 0. The number of hydrogen-bond donors (Lipinski definition) is 4. The summed E-state index contributed by atoms with van der Waals surface area (Å²) in [6.45, 7) is 16.2. The molecule has 0 bridgehead atoms. The molecule has 0 fully saturated rings. The molecule has 0 saturated carbocycles. The molecule has 0 aliphatic rings. The van der Waals surface area contributed by atoms with E-state index in [2.05, 4.69) is 48.5 Å². The zero-order valence-corrected chi connectivity index (χ0v) is 47.1. The Morgan fingerprint density at radius 1 is 0.288 bits per heavy atom. The van der Waals surface area contributed by atoms with E-state index in [9.17, 15) is 14.4 Å². The Hall–Kier alpha value is -0.916. The van der Waals surface area contributed by atoms with Crippen LogP contribution < -0.4 is 0 Å². The molecule has 4 N–H and O–H groups in total. The van der Waals surface area contributed by atoms with Gasteiger partial charge < -0.3 is 20.4 Å². The predicted molar refractivity (Wildman–Crippen MR) is 283 cm³/mol. The van der Waals surface area contributed by atoms with Gasteiger partial charge in [0.15, 0.2) is 0 Å². The second kappa shape index (κ2) is 66.2. The number of carboxylic acids is 3. The van der Waals surface area contributed by atoms with Crippen LogP contribution in [0, 0.1) is 17.8 Å². The van der Waals surface area contributed by atoms with Crippen molar-refractivity contribution in [3.8, 4) is 0 Å². The topological polar surface area (TPSA) is 132 Å². The maximum atomic E-state index is 10.3. The van der Waals surface area contributed by atoms with Crippen molar-refractivity contribution in [1.29, 1.82) is 0 Å². The summed E-state index contributed by atoms with van der Waals surface area (Å²) >= 11 is 0. The predicted octanol–water partition coefficient (Wildman–Crippen LogP) is 19.3. The van der Waals surface area contributed by atoms with Gasteiger partial charge in [-0.3, -0.25) is 14.4 Å². The van der Waals surface area contributed by atoms with Gasteiger partial charge in [0.05, 0.1) is 0 Å². The fourth-order valence-electron chi connectivity index (χ4n) is 7.95. The van der Waals surface area contributed by atoms with Gasteiger partial charge >= 0.3 is 17.9 Å².